The molecule has 0 bridgehead atoms. The molecule has 1 unspecified atom stereocenters. The molecule has 0 fully saturated rings. The maximum absolute atomic E-state index is 10.7. The Morgan fingerprint density at radius 1 is 1.28 bits per heavy atom. The molecule has 90 valence electrons. The number of aliphatic carboxylic acids is 1. The van der Waals surface area contributed by atoms with E-state index in [0.717, 1.165) is 0 Å². The normalized spacial score (nSPS) is 19.9. The minimum Gasteiger partial charge on any atom is -0.481 e. The predicted octanol–water partition coefficient (Wildman–Crippen LogP) is 1.61. The first kappa shape index (κ1) is 11.0. The summed E-state index contributed by atoms with van der Waals surface area (Å²) >= 11 is 0. The number of carboxylic acids is 1. The second-order valence-electron chi connectivity index (χ2n) is 4.69. The maximum atomic E-state index is 10.7. The largest absolute Gasteiger partial charge is 0.481 e. The molecule has 1 aromatic rings. The number of hydrogen-bond donors (Lipinski definition) is 1. The molecule has 3 rings (SSSR count). The fourth-order valence-electron chi connectivity index (χ4n) is 2.73. The quantitative estimate of drug-likeness (QED) is 0.868. The molecule has 0 saturated heterocycles. The van der Waals surface area contributed by atoms with Crippen LogP contribution in [-0.2, 0) is 4.79 Å². The summed E-state index contributed by atoms with van der Waals surface area (Å²) in [5.74, 6) is -0.503. The highest BCUT2D eigenvalue weighted by Crippen LogP contribution is 2.31. The van der Waals surface area contributed by atoms with Gasteiger partial charge >= 0.3 is 5.97 Å². The maximum Gasteiger partial charge on any atom is 0.303 e. The first-order chi connectivity index (χ1) is 8.75. The Labute approximate surface area is 105 Å². The SMILES string of the molecule is O=C(O)CCC1C=CC=C2C=c3ccccc3=C21. The van der Waals surface area contributed by atoms with Crippen molar-refractivity contribution in [3.8, 4) is 0 Å². The zero-order chi connectivity index (χ0) is 12.5. The molecule has 2 heteroatoms. The lowest BCUT2D eigenvalue weighted by atomic mass is 9.86. The lowest BCUT2D eigenvalue weighted by Gasteiger charge is -2.18. The Hall–Kier alpha value is -2.09. The van der Waals surface area contributed by atoms with Gasteiger partial charge in [0.1, 0.15) is 0 Å². The molecule has 2 aliphatic carbocycles. The van der Waals surface area contributed by atoms with Crippen LogP contribution in [-0.4, -0.2) is 11.1 Å². The second-order valence-corrected chi connectivity index (χ2v) is 4.69. The smallest absolute Gasteiger partial charge is 0.303 e. The van der Waals surface area contributed by atoms with Gasteiger partial charge in [0, 0.05) is 12.3 Å². The van der Waals surface area contributed by atoms with Gasteiger partial charge in [0.05, 0.1) is 0 Å². The Balaban J connectivity index is 2.06. The summed E-state index contributed by atoms with van der Waals surface area (Å²) in [5.41, 5.74) is 2.52. The molecule has 0 amide bonds. The van der Waals surface area contributed by atoms with Crippen molar-refractivity contribution in [2.75, 3.05) is 0 Å². The molecule has 0 spiro atoms. The summed E-state index contributed by atoms with van der Waals surface area (Å²) in [7, 11) is 0. The van der Waals surface area contributed by atoms with Gasteiger partial charge in [-0.2, -0.15) is 0 Å². The van der Waals surface area contributed by atoms with Crippen molar-refractivity contribution in [2.24, 2.45) is 5.92 Å². The van der Waals surface area contributed by atoms with E-state index in [0.29, 0.717) is 6.42 Å². The van der Waals surface area contributed by atoms with Gasteiger partial charge in [-0.15, -0.1) is 0 Å². The van der Waals surface area contributed by atoms with Gasteiger partial charge in [0.15, 0.2) is 0 Å². The van der Waals surface area contributed by atoms with Gasteiger partial charge in [-0.3, -0.25) is 4.79 Å². The van der Waals surface area contributed by atoms with Crippen LogP contribution >= 0.6 is 0 Å². The van der Waals surface area contributed by atoms with Crippen LogP contribution in [0.3, 0.4) is 0 Å². The van der Waals surface area contributed by atoms with Crippen molar-refractivity contribution in [2.45, 2.75) is 12.8 Å². The van der Waals surface area contributed by atoms with Gasteiger partial charge < -0.3 is 5.11 Å². The molecule has 0 aliphatic heterocycles. The third-order valence-electron chi connectivity index (χ3n) is 3.53. The van der Waals surface area contributed by atoms with E-state index in [-0.39, 0.29) is 12.3 Å². The predicted molar refractivity (Wildman–Crippen MR) is 71.1 cm³/mol. The standard InChI is InChI=1S/C16H14O2/c17-15(18)9-8-11-5-3-6-13-10-12-4-1-2-7-14(12)16(11)13/h1-7,10-11H,8-9H2,(H,17,18). The summed E-state index contributed by atoms with van der Waals surface area (Å²) < 4.78 is 0. The monoisotopic (exact) mass is 238 g/mol. The van der Waals surface area contributed by atoms with E-state index < -0.39 is 5.97 Å². The van der Waals surface area contributed by atoms with Crippen molar-refractivity contribution in [3.05, 3.63) is 58.5 Å². The lowest BCUT2D eigenvalue weighted by Crippen LogP contribution is -2.24. The summed E-state index contributed by atoms with van der Waals surface area (Å²) in [5, 5.41) is 11.3. The molecule has 1 N–H and O–H groups in total. The summed E-state index contributed by atoms with van der Waals surface area (Å²) in [4.78, 5) is 10.7. The van der Waals surface area contributed by atoms with E-state index in [4.69, 9.17) is 5.11 Å². The summed E-state index contributed by atoms with van der Waals surface area (Å²) in [6, 6.07) is 8.30. The second kappa shape index (κ2) is 4.30. The van der Waals surface area contributed by atoms with Crippen molar-refractivity contribution in [3.63, 3.8) is 0 Å². The van der Waals surface area contributed by atoms with Gasteiger partial charge in [-0.05, 0) is 34.1 Å². The molecule has 18 heavy (non-hydrogen) atoms. The first-order valence-corrected chi connectivity index (χ1v) is 6.17. The molecule has 0 radical (unpaired) electrons. The van der Waals surface area contributed by atoms with Crippen LogP contribution in [0, 0.1) is 5.92 Å². The van der Waals surface area contributed by atoms with Crippen molar-refractivity contribution >= 4 is 17.6 Å². The molecule has 2 nitrogen and oxygen atoms in total. The average molecular weight is 238 g/mol. The van der Waals surface area contributed by atoms with Gasteiger partial charge in [0.2, 0.25) is 0 Å². The zero-order valence-corrected chi connectivity index (χ0v) is 9.97. The number of hydrogen-bond acceptors (Lipinski definition) is 1. The first-order valence-electron chi connectivity index (χ1n) is 6.17. The highest BCUT2D eigenvalue weighted by molar-refractivity contribution is 5.85. The highest BCUT2D eigenvalue weighted by atomic mass is 16.4. The molecule has 0 heterocycles. The van der Waals surface area contributed by atoms with Crippen LogP contribution < -0.4 is 10.4 Å². The van der Waals surface area contributed by atoms with Crippen molar-refractivity contribution < 1.29 is 9.90 Å². The van der Waals surface area contributed by atoms with Gasteiger partial charge in [-0.25, -0.2) is 0 Å². The number of benzene rings is 1. The minimum atomic E-state index is -0.727. The average Bonchev–Trinajstić information content (AvgIpc) is 2.75. The van der Waals surface area contributed by atoms with Gasteiger partial charge in [0.25, 0.3) is 0 Å². The number of carbonyl (C=O) groups is 1. The molecule has 0 aromatic heterocycles. The number of rotatable bonds is 3. The minimum absolute atomic E-state index is 0.216. The van der Waals surface area contributed by atoms with Crippen molar-refractivity contribution in [1.29, 1.82) is 0 Å². The van der Waals surface area contributed by atoms with Crippen LogP contribution in [0.1, 0.15) is 12.8 Å². The molecule has 0 saturated carbocycles. The molecular weight excluding hydrogens is 224 g/mol. The van der Waals surface area contributed by atoms with E-state index in [9.17, 15) is 4.79 Å². The van der Waals surface area contributed by atoms with E-state index in [2.05, 4.69) is 30.4 Å². The lowest BCUT2D eigenvalue weighted by molar-refractivity contribution is -0.137. The Bertz CT molecular complexity index is 677. The molecule has 1 aromatic carbocycles. The Morgan fingerprint density at radius 2 is 2.11 bits per heavy atom. The van der Waals surface area contributed by atoms with Crippen molar-refractivity contribution in [1.82, 2.24) is 0 Å². The molecule has 1 atom stereocenters. The van der Waals surface area contributed by atoms with Crippen LogP contribution in [0.2, 0.25) is 0 Å². The van der Waals surface area contributed by atoms with Crippen LogP contribution in [0.5, 0.6) is 0 Å². The number of fused-ring (bicyclic) bond motifs is 2. The van der Waals surface area contributed by atoms with E-state index in [1.807, 2.05) is 18.2 Å². The molecule has 2 aliphatic rings. The summed E-state index contributed by atoms with van der Waals surface area (Å²) in [6.07, 6.45) is 9.31. The topological polar surface area (TPSA) is 37.3 Å². The molecular formula is C16H14O2. The fourth-order valence-corrected chi connectivity index (χ4v) is 2.73. The van der Waals surface area contributed by atoms with Gasteiger partial charge in [-0.1, -0.05) is 42.5 Å². The fraction of sp³-hybridized carbons (Fsp3) is 0.188. The van der Waals surface area contributed by atoms with E-state index in [1.165, 1.54) is 21.6 Å². The van der Waals surface area contributed by atoms with Crippen LogP contribution in [0.4, 0.5) is 0 Å². The Kier molecular flexibility index (Phi) is 2.63. The third-order valence-corrected chi connectivity index (χ3v) is 3.53. The zero-order valence-electron chi connectivity index (χ0n) is 9.97. The van der Waals surface area contributed by atoms with Crippen LogP contribution in [0.25, 0.3) is 11.6 Å². The third kappa shape index (κ3) is 1.80. The number of carboxylic acid groups (broad SMARTS) is 1. The Morgan fingerprint density at radius 3 is 2.94 bits per heavy atom. The van der Waals surface area contributed by atoms with Crippen LogP contribution in [0.15, 0.2) is 48.1 Å². The summed E-state index contributed by atoms with van der Waals surface area (Å²) in [6.45, 7) is 0. The number of allylic oxidation sites excluding steroid dienone is 4. The highest BCUT2D eigenvalue weighted by Gasteiger charge is 2.21. The van der Waals surface area contributed by atoms with E-state index >= 15 is 0 Å². The van der Waals surface area contributed by atoms with E-state index in [1.54, 1.807) is 0 Å².